The molecule has 0 aliphatic heterocycles. The van der Waals surface area contributed by atoms with E-state index >= 15 is 0 Å². The molecule has 114 valence electrons. The zero-order chi connectivity index (χ0) is 16.1. The number of nitrogens with one attached hydrogen (secondary N) is 1. The van der Waals surface area contributed by atoms with E-state index in [9.17, 15) is 4.79 Å². The fourth-order valence-electron chi connectivity index (χ4n) is 1.94. The van der Waals surface area contributed by atoms with E-state index in [1.807, 2.05) is 54.6 Å². The van der Waals surface area contributed by atoms with Crippen molar-refractivity contribution in [2.24, 2.45) is 0 Å². The predicted molar refractivity (Wildman–Crippen MR) is 104 cm³/mol. The number of halogens is 1. The quantitative estimate of drug-likeness (QED) is 0.341. The van der Waals surface area contributed by atoms with Crippen molar-refractivity contribution in [3.8, 4) is 10.6 Å². The van der Waals surface area contributed by atoms with Gasteiger partial charge in [-0.25, -0.2) is 4.98 Å². The third kappa shape index (κ3) is 4.27. The average molecular weight is 432 g/mol. The Kier molecular flexibility index (Phi) is 5.19. The summed E-state index contributed by atoms with van der Waals surface area (Å²) in [5.41, 5.74) is 1.97. The first-order valence-electron chi connectivity index (χ1n) is 6.96. The number of hydrogen-bond donors (Lipinski definition) is 1. The number of thiazole rings is 1. The van der Waals surface area contributed by atoms with E-state index in [1.165, 1.54) is 21.0 Å². The van der Waals surface area contributed by atoms with Gasteiger partial charge in [0, 0.05) is 33.3 Å². The van der Waals surface area contributed by atoms with Crippen LogP contribution in [0, 0.1) is 3.57 Å². The summed E-state index contributed by atoms with van der Waals surface area (Å²) in [4.78, 5) is 17.1. The van der Waals surface area contributed by atoms with Crippen molar-refractivity contribution in [1.82, 2.24) is 4.98 Å². The number of benzene rings is 2. The second kappa shape index (κ2) is 7.52. The number of ketones is 1. The van der Waals surface area contributed by atoms with Gasteiger partial charge in [0.25, 0.3) is 0 Å². The number of aromatic nitrogens is 1. The summed E-state index contributed by atoms with van der Waals surface area (Å²) in [6.45, 7) is 0. The zero-order valence-corrected chi connectivity index (χ0v) is 15.0. The molecule has 0 aliphatic rings. The molecule has 1 heterocycles. The number of carbonyl (C=O) groups excluding carboxylic acids is 1. The first kappa shape index (κ1) is 15.9. The van der Waals surface area contributed by atoms with Gasteiger partial charge >= 0.3 is 0 Å². The van der Waals surface area contributed by atoms with Gasteiger partial charge in [-0.2, -0.15) is 0 Å². The number of nitrogens with zero attached hydrogens (tertiary/aromatic N) is 1. The average Bonchev–Trinajstić information content (AvgIpc) is 3.07. The lowest BCUT2D eigenvalue weighted by molar-refractivity contribution is 0.105. The van der Waals surface area contributed by atoms with Crippen LogP contribution in [0.25, 0.3) is 10.6 Å². The van der Waals surface area contributed by atoms with Crippen LogP contribution in [0.3, 0.4) is 0 Å². The molecule has 23 heavy (non-hydrogen) atoms. The Morgan fingerprint density at radius 3 is 2.57 bits per heavy atom. The summed E-state index contributed by atoms with van der Waals surface area (Å²) in [6, 6.07) is 17.8. The smallest absolute Gasteiger partial charge is 0.198 e. The topological polar surface area (TPSA) is 42.0 Å². The summed E-state index contributed by atoms with van der Waals surface area (Å²) in [5.74, 6) is -0.0531. The highest BCUT2D eigenvalue weighted by molar-refractivity contribution is 14.1. The van der Waals surface area contributed by atoms with Gasteiger partial charge in [-0.05, 0) is 46.9 Å². The molecule has 0 saturated heterocycles. The van der Waals surface area contributed by atoms with Crippen molar-refractivity contribution in [1.29, 1.82) is 0 Å². The Morgan fingerprint density at radius 1 is 1.09 bits per heavy atom. The summed E-state index contributed by atoms with van der Waals surface area (Å²) in [5, 5.41) is 3.95. The van der Waals surface area contributed by atoms with Crippen LogP contribution in [0.5, 0.6) is 0 Å². The second-order valence-corrected chi connectivity index (χ2v) is 7.02. The highest BCUT2D eigenvalue weighted by atomic mass is 127. The Hall–Kier alpha value is -1.99. The molecule has 3 nitrogen and oxygen atoms in total. The Balaban J connectivity index is 1.65. The number of anilines is 1. The van der Waals surface area contributed by atoms with Gasteiger partial charge in [0.1, 0.15) is 5.01 Å². The molecule has 5 heteroatoms. The first-order valence-corrected chi connectivity index (χ1v) is 8.86. The van der Waals surface area contributed by atoms with Crippen LogP contribution < -0.4 is 5.32 Å². The number of allylic oxidation sites excluding steroid dienone is 1. The van der Waals surface area contributed by atoms with Crippen molar-refractivity contribution in [2.45, 2.75) is 0 Å². The molecule has 2 aromatic carbocycles. The highest BCUT2D eigenvalue weighted by Crippen LogP contribution is 2.25. The van der Waals surface area contributed by atoms with Gasteiger partial charge in [0.05, 0.1) is 4.88 Å². The molecular weight excluding hydrogens is 419 g/mol. The molecule has 0 saturated carbocycles. The maximum absolute atomic E-state index is 12.2. The lowest BCUT2D eigenvalue weighted by Crippen LogP contribution is -1.93. The SMILES string of the molecule is O=C(C=CNc1ccc(I)cc1)c1cnc(-c2ccccc2)s1. The Morgan fingerprint density at radius 2 is 1.83 bits per heavy atom. The number of carbonyl (C=O) groups is 1. The minimum atomic E-state index is -0.0531. The minimum absolute atomic E-state index is 0.0531. The van der Waals surface area contributed by atoms with Gasteiger partial charge in [-0.15, -0.1) is 11.3 Å². The highest BCUT2D eigenvalue weighted by Gasteiger charge is 2.08. The molecule has 0 amide bonds. The van der Waals surface area contributed by atoms with Crippen LogP contribution in [-0.2, 0) is 0 Å². The van der Waals surface area contributed by atoms with Crippen LogP contribution in [0.4, 0.5) is 5.69 Å². The molecule has 0 bridgehead atoms. The van der Waals surface area contributed by atoms with Crippen molar-refractivity contribution in [2.75, 3.05) is 5.32 Å². The van der Waals surface area contributed by atoms with E-state index in [1.54, 1.807) is 12.4 Å². The third-order valence-electron chi connectivity index (χ3n) is 3.10. The van der Waals surface area contributed by atoms with Crippen molar-refractivity contribution < 1.29 is 4.79 Å². The molecule has 0 aliphatic carbocycles. The monoisotopic (exact) mass is 432 g/mol. The van der Waals surface area contributed by atoms with Crippen molar-refractivity contribution >= 4 is 45.4 Å². The van der Waals surface area contributed by atoms with E-state index < -0.39 is 0 Å². The molecule has 0 fully saturated rings. The summed E-state index contributed by atoms with van der Waals surface area (Å²) in [7, 11) is 0. The Labute approximate surface area is 152 Å². The maximum Gasteiger partial charge on any atom is 0.198 e. The largest absolute Gasteiger partial charge is 0.362 e. The lowest BCUT2D eigenvalue weighted by Gasteiger charge is -1.99. The molecule has 1 N–H and O–H groups in total. The van der Waals surface area contributed by atoms with Crippen LogP contribution >= 0.6 is 33.9 Å². The normalized spacial score (nSPS) is 10.8. The van der Waals surface area contributed by atoms with E-state index in [0.717, 1.165) is 16.3 Å². The third-order valence-corrected chi connectivity index (χ3v) is 4.88. The predicted octanol–water partition coefficient (Wildman–Crippen LogP) is 5.22. The Bertz CT molecular complexity index is 826. The van der Waals surface area contributed by atoms with E-state index in [0.29, 0.717) is 4.88 Å². The number of rotatable bonds is 5. The standard InChI is InChI=1S/C18H13IN2OS/c19-14-6-8-15(9-7-14)20-11-10-16(22)17-12-21-18(23-17)13-4-2-1-3-5-13/h1-12,20H. The van der Waals surface area contributed by atoms with Crippen LogP contribution in [0.2, 0.25) is 0 Å². The molecule has 0 radical (unpaired) electrons. The molecule has 3 rings (SSSR count). The van der Waals surface area contributed by atoms with Crippen LogP contribution in [0.15, 0.2) is 73.1 Å². The maximum atomic E-state index is 12.2. The van der Waals surface area contributed by atoms with Gasteiger partial charge in [0.15, 0.2) is 5.78 Å². The molecule has 0 spiro atoms. The summed E-state index contributed by atoms with van der Waals surface area (Å²) in [6.07, 6.45) is 4.82. The summed E-state index contributed by atoms with van der Waals surface area (Å²) >= 11 is 3.66. The molecule has 1 aromatic heterocycles. The zero-order valence-electron chi connectivity index (χ0n) is 12.1. The summed E-state index contributed by atoms with van der Waals surface area (Å²) < 4.78 is 1.17. The van der Waals surface area contributed by atoms with Crippen molar-refractivity contribution in [3.63, 3.8) is 0 Å². The lowest BCUT2D eigenvalue weighted by atomic mass is 10.2. The molecular formula is C18H13IN2OS. The van der Waals surface area contributed by atoms with Gasteiger partial charge in [0.2, 0.25) is 0 Å². The van der Waals surface area contributed by atoms with E-state index in [2.05, 4.69) is 32.9 Å². The van der Waals surface area contributed by atoms with Gasteiger partial charge < -0.3 is 5.32 Å². The van der Waals surface area contributed by atoms with E-state index in [-0.39, 0.29) is 5.78 Å². The van der Waals surface area contributed by atoms with Gasteiger partial charge in [-0.1, -0.05) is 30.3 Å². The van der Waals surface area contributed by atoms with E-state index in [4.69, 9.17) is 0 Å². The van der Waals surface area contributed by atoms with Crippen LogP contribution in [0.1, 0.15) is 9.67 Å². The molecule has 0 atom stereocenters. The molecule has 3 aromatic rings. The number of hydrogen-bond acceptors (Lipinski definition) is 4. The second-order valence-electron chi connectivity index (χ2n) is 4.74. The molecule has 0 unspecified atom stereocenters. The first-order chi connectivity index (χ1) is 11.2. The van der Waals surface area contributed by atoms with Crippen LogP contribution in [-0.4, -0.2) is 10.8 Å². The van der Waals surface area contributed by atoms with Crippen molar-refractivity contribution in [3.05, 3.63) is 81.5 Å². The van der Waals surface area contributed by atoms with Gasteiger partial charge in [-0.3, -0.25) is 4.79 Å². The fraction of sp³-hybridized carbons (Fsp3) is 0. The minimum Gasteiger partial charge on any atom is -0.362 e. The fourth-order valence-corrected chi connectivity index (χ4v) is 3.15.